The fourth-order valence-electron chi connectivity index (χ4n) is 4.31. The van der Waals surface area contributed by atoms with Crippen molar-refractivity contribution in [3.05, 3.63) is 54.1 Å². The normalized spacial score (nSPS) is 20.8. The van der Waals surface area contributed by atoms with Gasteiger partial charge in [-0.05, 0) is 55.7 Å². The summed E-state index contributed by atoms with van der Waals surface area (Å²) in [4.78, 5) is 11.9. The minimum atomic E-state index is -2.43. The molecule has 5 N–H and O–H groups in total. The van der Waals surface area contributed by atoms with E-state index in [9.17, 15) is 8.78 Å². The number of nitrogens with two attached hydrogens (primary N) is 1. The maximum atomic E-state index is 12.7. The Morgan fingerprint density at radius 1 is 1.07 bits per heavy atom. The van der Waals surface area contributed by atoms with Crippen molar-refractivity contribution in [3.8, 4) is 0 Å². The number of H-pyrrole nitrogens is 1. The highest BCUT2D eigenvalue weighted by molar-refractivity contribution is 5.78. The predicted molar refractivity (Wildman–Crippen MR) is 109 cm³/mol. The van der Waals surface area contributed by atoms with Gasteiger partial charge >= 0.3 is 0 Å². The fraction of sp³-hybridized carbons (Fsp3) is 0.429. The highest BCUT2D eigenvalue weighted by atomic mass is 19.3. The number of rotatable bonds is 7. The Morgan fingerprint density at radius 3 is 2.52 bits per heavy atom. The lowest BCUT2D eigenvalue weighted by Crippen LogP contribution is -2.36. The molecule has 1 aliphatic rings. The Kier molecular flexibility index (Phi) is 6.01. The van der Waals surface area contributed by atoms with Crippen molar-refractivity contribution < 1.29 is 8.78 Å². The number of nitrogens with one attached hydrogen (secondary N) is 3. The third kappa shape index (κ3) is 4.38. The fourth-order valence-corrected chi connectivity index (χ4v) is 4.31. The van der Waals surface area contributed by atoms with Crippen LogP contribution in [0.15, 0.2) is 42.9 Å². The minimum Gasteiger partial charge on any atom is -0.385 e. The molecule has 1 atom stereocenters. The highest BCUT2D eigenvalue weighted by Crippen LogP contribution is 2.37. The van der Waals surface area contributed by atoms with Crippen molar-refractivity contribution >= 4 is 16.7 Å². The van der Waals surface area contributed by atoms with E-state index in [2.05, 4.69) is 25.7 Å². The van der Waals surface area contributed by atoms with E-state index in [-0.39, 0.29) is 11.6 Å². The first-order chi connectivity index (χ1) is 14.2. The molecule has 1 fully saturated rings. The summed E-state index contributed by atoms with van der Waals surface area (Å²) in [6.45, 7) is 0.844. The molecule has 0 saturated heterocycles. The topological polar surface area (TPSA) is 91.7 Å². The number of halogens is 2. The summed E-state index contributed by atoms with van der Waals surface area (Å²) < 4.78 is 25.3. The number of hydrazine groups is 1. The van der Waals surface area contributed by atoms with Crippen LogP contribution < -0.4 is 16.6 Å². The molecule has 1 saturated carbocycles. The number of nitrogens with zero attached hydrogens (tertiary/aromatic N) is 2. The van der Waals surface area contributed by atoms with Gasteiger partial charge in [0, 0.05) is 29.4 Å². The zero-order valence-corrected chi connectivity index (χ0v) is 16.1. The predicted octanol–water partition coefficient (Wildman–Crippen LogP) is 4.32. The second kappa shape index (κ2) is 8.84. The Bertz CT molecular complexity index is 918. The summed E-state index contributed by atoms with van der Waals surface area (Å²) in [6, 6.07) is 8.38. The number of hydrogen-bond acceptors (Lipinski definition) is 5. The van der Waals surface area contributed by atoms with Gasteiger partial charge in [-0.25, -0.2) is 18.7 Å². The Hall–Kier alpha value is -2.58. The van der Waals surface area contributed by atoms with E-state index < -0.39 is 6.43 Å². The van der Waals surface area contributed by atoms with Gasteiger partial charge in [0.15, 0.2) is 0 Å². The van der Waals surface area contributed by atoms with Gasteiger partial charge in [-0.2, -0.15) is 0 Å². The average molecular weight is 400 g/mol. The third-order valence-electron chi connectivity index (χ3n) is 5.98. The van der Waals surface area contributed by atoms with E-state index in [0.29, 0.717) is 11.8 Å². The van der Waals surface area contributed by atoms with Crippen molar-refractivity contribution in [2.24, 2.45) is 17.7 Å². The number of hydrogen-bond donors (Lipinski definition) is 4. The molecular weight excluding hydrogens is 374 g/mol. The quantitative estimate of drug-likeness (QED) is 0.350. The van der Waals surface area contributed by atoms with Crippen LogP contribution >= 0.6 is 0 Å². The van der Waals surface area contributed by atoms with Crippen LogP contribution in [-0.4, -0.2) is 21.5 Å². The number of fused-ring (bicyclic) bond motifs is 1. The Morgan fingerprint density at radius 2 is 1.83 bits per heavy atom. The number of anilines is 1. The maximum absolute atomic E-state index is 12.7. The molecule has 1 unspecified atom stereocenters. The van der Waals surface area contributed by atoms with Gasteiger partial charge in [0.2, 0.25) is 0 Å². The smallest absolute Gasteiger partial charge is 0.263 e. The van der Waals surface area contributed by atoms with Crippen LogP contribution in [0.5, 0.6) is 0 Å². The van der Waals surface area contributed by atoms with E-state index in [1.165, 1.54) is 12.1 Å². The molecule has 4 rings (SSSR count). The van der Waals surface area contributed by atoms with E-state index in [0.717, 1.165) is 54.6 Å². The van der Waals surface area contributed by atoms with E-state index in [4.69, 9.17) is 5.84 Å². The van der Waals surface area contributed by atoms with Gasteiger partial charge in [0.05, 0.1) is 11.7 Å². The molecule has 0 bridgehead atoms. The molecule has 0 aliphatic heterocycles. The number of benzene rings is 1. The second-order valence-corrected chi connectivity index (χ2v) is 7.73. The molecule has 0 radical (unpaired) electrons. The van der Waals surface area contributed by atoms with Gasteiger partial charge < -0.3 is 10.3 Å². The van der Waals surface area contributed by atoms with Crippen LogP contribution in [0.4, 0.5) is 14.5 Å². The first-order valence-electron chi connectivity index (χ1n) is 10.0. The van der Waals surface area contributed by atoms with Crippen LogP contribution in [0.3, 0.4) is 0 Å². The first-order valence-corrected chi connectivity index (χ1v) is 10.0. The summed E-state index contributed by atoms with van der Waals surface area (Å²) in [5.41, 5.74) is 5.68. The molecule has 29 heavy (non-hydrogen) atoms. The molecular formula is C21H26F2N6. The third-order valence-corrected chi connectivity index (χ3v) is 5.98. The molecule has 1 aliphatic carbocycles. The summed E-state index contributed by atoms with van der Waals surface area (Å²) in [7, 11) is 0. The van der Waals surface area contributed by atoms with E-state index in [1.54, 1.807) is 18.5 Å². The summed E-state index contributed by atoms with van der Waals surface area (Å²) >= 11 is 0. The molecule has 3 aromatic rings. The zero-order valence-electron chi connectivity index (χ0n) is 16.1. The molecule has 2 aromatic heterocycles. The lowest BCUT2D eigenvalue weighted by Gasteiger charge is -2.33. The van der Waals surface area contributed by atoms with Gasteiger partial charge in [0.1, 0.15) is 12.0 Å². The summed E-state index contributed by atoms with van der Waals surface area (Å²) in [5, 5.41) is 4.39. The standard InChI is InChI=1S/C21H26F2N6/c22-20(23)15-5-7-16(8-6-15)26-11-13-1-3-14(4-2-13)18(29-24)19-17-9-10-25-21(17)28-12-27-19/h5-10,12-14,18,20,26,29H,1-4,11,24H2,(H,25,27,28). The summed E-state index contributed by atoms with van der Waals surface area (Å²) in [6.07, 6.45) is 5.31. The SMILES string of the molecule is NNC(c1ncnc2[nH]ccc12)C1CCC(CNc2ccc(C(F)F)cc2)CC1. The number of aromatic amines is 1. The van der Waals surface area contributed by atoms with E-state index >= 15 is 0 Å². The van der Waals surface area contributed by atoms with Gasteiger partial charge in [-0.15, -0.1) is 0 Å². The first kappa shape index (κ1) is 19.7. The van der Waals surface area contributed by atoms with Crippen LogP contribution in [0.1, 0.15) is 49.4 Å². The molecule has 0 amide bonds. The lowest BCUT2D eigenvalue weighted by molar-refractivity contribution is 0.151. The molecule has 6 nitrogen and oxygen atoms in total. The Balaban J connectivity index is 1.33. The van der Waals surface area contributed by atoms with Crippen molar-refractivity contribution in [1.29, 1.82) is 0 Å². The lowest BCUT2D eigenvalue weighted by atomic mass is 9.77. The maximum Gasteiger partial charge on any atom is 0.263 e. The molecule has 154 valence electrons. The van der Waals surface area contributed by atoms with Crippen LogP contribution in [0.2, 0.25) is 0 Å². The summed E-state index contributed by atoms with van der Waals surface area (Å²) in [5.74, 6) is 6.88. The van der Waals surface area contributed by atoms with Crippen molar-refractivity contribution in [2.75, 3.05) is 11.9 Å². The largest absolute Gasteiger partial charge is 0.385 e. The van der Waals surface area contributed by atoms with Crippen LogP contribution in [0, 0.1) is 11.8 Å². The average Bonchev–Trinajstić information content (AvgIpc) is 3.24. The second-order valence-electron chi connectivity index (χ2n) is 7.73. The van der Waals surface area contributed by atoms with Crippen LogP contribution in [-0.2, 0) is 0 Å². The van der Waals surface area contributed by atoms with Gasteiger partial charge in [-0.3, -0.25) is 11.3 Å². The molecule has 1 aromatic carbocycles. The Labute approximate surface area is 168 Å². The van der Waals surface area contributed by atoms with Crippen LogP contribution in [0.25, 0.3) is 11.0 Å². The monoisotopic (exact) mass is 400 g/mol. The van der Waals surface area contributed by atoms with Gasteiger partial charge in [-0.1, -0.05) is 12.1 Å². The zero-order chi connectivity index (χ0) is 20.2. The minimum absolute atomic E-state index is 0.00731. The molecule has 8 heteroatoms. The number of alkyl halides is 2. The highest BCUT2D eigenvalue weighted by Gasteiger charge is 2.30. The van der Waals surface area contributed by atoms with E-state index in [1.807, 2.05) is 12.3 Å². The van der Waals surface area contributed by atoms with Crippen molar-refractivity contribution in [2.45, 2.75) is 38.2 Å². The molecule has 0 spiro atoms. The van der Waals surface area contributed by atoms with Crippen molar-refractivity contribution in [1.82, 2.24) is 20.4 Å². The van der Waals surface area contributed by atoms with Gasteiger partial charge in [0.25, 0.3) is 6.43 Å². The van der Waals surface area contributed by atoms with Crippen molar-refractivity contribution in [3.63, 3.8) is 0 Å². The number of aromatic nitrogens is 3. The molecule has 2 heterocycles.